The van der Waals surface area contributed by atoms with E-state index in [1.807, 2.05) is 6.07 Å². The van der Waals surface area contributed by atoms with Crippen LogP contribution in [0, 0.1) is 0 Å². The molecule has 0 saturated carbocycles. The smallest absolute Gasteiger partial charge is 0.443 e. The Morgan fingerprint density at radius 3 is 2.48 bits per heavy atom. The predicted octanol–water partition coefficient (Wildman–Crippen LogP) is 2.37. The standard InChI is InChI=1S/C19H23N3O5/c1-19(2,3)27-18(25)22-11-7-10-14(22)16(23)15(21-20)17(24)26-12-13-8-5-4-6-9-13/h4-6,8-9,14H,7,10-12H2,1-3H3. The van der Waals surface area contributed by atoms with E-state index in [-0.39, 0.29) is 6.61 Å². The van der Waals surface area contributed by atoms with Crippen LogP contribution in [0.4, 0.5) is 4.79 Å². The van der Waals surface area contributed by atoms with Crippen molar-refractivity contribution in [3.8, 4) is 0 Å². The van der Waals surface area contributed by atoms with Crippen LogP contribution in [0.3, 0.4) is 0 Å². The molecule has 2 rings (SSSR count). The fraction of sp³-hybridized carbons (Fsp3) is 0.474. The predicted molar refractivity (Wildman–Crippen MR) is 95.8 cm³/mol. The monoisotopic (exact) mass is 373 g/mol. The van der Waals surface area contributed by atoms with Gasteiger partial charge in [-0.2, -0.15) is 4.79 Å². The minimum atomic E-state index is -1.04. The summed E-state index contributed by atoms with van der Waals surface area (Å²) < 4.78 is 10.4. The zero-order valence-electron chi connectivity index (χ0n) is 15.7. The fourth-order valence-electron chi connectivity index (χ4n) is 2.72. The lowest BCUT2D eigenvalue weighted by molar-refractivity contribution is -0.144. The van der Waals surface area contributed by atoms with Crippen LogP contribution in [0.25, 0.3) is 5.53 Å². The van der Waals surface area contributed by atoms with Crippen molar-refractivity contribution in [3.63, 3.8) is 0 Å². The number of carbonyl (C=O) groups is 3. The van der Waals surface area contributed by atoms with Crippen LogP contribution >= 0.6 is 0 Å². The largest absolute Gasteiger partial charge is 0.452 e. The van der Waals surface area contributed by atoms with E-state index in [2.05, 4.69) is 4.79 Å². The molecule has 0 N–H and O–H groups in total. The Bertz CT molecular complexity index is 763. The van der Waals surface area contributed by atoms with Crippen LogP contribution in [0.15, 0.2) is 30.3 Å². The van der Waals surface area contributed by atoms with Gasteiger partial charge in [0.1, 0.15) is 18.2 Å². The van der Waals surface area contributed by atoms with E-state index < -0.39 is 35.2 Å². The minimum Gasteiger partial charge on any atom is -0.452 e. The molecule has 1 aromatic carbocycles. The number of amides is 1. The number of ether oxygens (including phenoxy) is 2. The van der Waals surface area contributed by atoms with Gasteiger partial charge in [-0.05, 0) is 39.2 Å². The fourth-order valence-corrected chi connectivity index (χ4v) is 2.72. The van der Waals surface area contributed by atoms with E-state index in [1.165, 1.54) is 4.90 Å². The van der Waals surface area contributed by atoms with E-state index in [4.69, 9.17) is 15.0 Å². The zero-order chi connectivity index (χ0) is 20.0. The number of hydrogen-bond acceptors (Lipinski definition) is 5. The van der Waals surface area contributed by atoms with E-state index in [0.717, 1.165) is 5.56 Å². The van der Waals surface area contributed by atoms with Crippen LogP contribution in [-0.4, -0.2) is 51.4 Å². The molecule has 1 heterocycles. The summed E-state index contributed by atoms with van der Waals surface area (Å²) in [7, 11) is 0. The highest BCUT2D eigenvalue weighted by Gasteiger charge is 2.44. The molecular formula is C19H23N3O5. The number of hydrogen-bond donors (Lipinski definition) is 0. The van der Waals surface area contributed by atoms with Crippen molar-refractivity contribution in [2.24, 2.45) is 0 Å². The topological polar surface area (TPSA) is 109 Å². The second-order valence-corrected chi connectivity index (χ2v) is 7.21. The van der Waals surface area contributed by atoms with E-state index >= 15 is 0 Å². The number of rotatable bonds is 5. The van der Waals surface area contributed by atoms with Gasteiger partial charge in [0.25, 0.3) is 5.78 Å². The Hall–Kier alpha value is -2.99. The van der Waals surface area contributed by atoms with Crippen molar-refractivity contribution in [2.45, 2.75) is 51.9 Å². The average molecular weight is 373 g/mol. The Morgan fingerprint density at radius 1 is 1.22 bits per heavy atom. The van der Waals surface area contributed by atoms with Gasteiger partial charge >= 0.3 is 17.8 Å². The molecule has 8 nitrogen and oxygen atoms in total. The number of ketones is 1. The first-order valence-corrected chi connectivity index (χ1v) is 8.70. The summed E-state index contributed by atoms with van der Waals surface area (Å²) in [4.78, 5) is 41.2. The highest BCUT2D eigenvalue weighted by atomic mass is 16.6. The third-order valence-electron chi connectivity index (χ3n) is 3.92. The maximum Gasteiger partial charge on any atom is 0.443 e. The average Bonchev–Trinajstić information content (AvgIpc) is 3.10. The molecule has 0 radical (unpaired) electrons. The lowest BCUT2D eigenvalue weighted by Crippen LogP contribution is -2.47. The number of nitrogens with zero attached hydrogens (tertiary/aromatic N) is 3. The molecular weight excluding hydrogens is 350 g/mol. The first kappa shape index (κ1) is 20.3. The van der Waals surface area contributed by atoms with Gasteiger partial charge in [0.2, 0.25) is 0 Å². The first-order chi connectivity index (χ1) is 12.7. The maximum absolute atomic E-state index is 12.7. The van der Waals surface area contributed by atoms with Gasteiger partial charge in [-0.3, -0.25) is 9.69 Å². The lowest BCUT2D eigenvalue weighted by Gasteiger charge is -2.27. The molecule has 1 aromatic rings. The Labute approximate surface area is 157 Å². The zero-order valence-corrected chi connectivity index (χ0v) is 15.7. The summed E-state index contributed by atoms with van der Waals surface area (Å²) in [6.07, 6.45) is 0.282. The molecule has 8 heteroatoms. The van der Waals surface area contributed by atoms with Crippen molar-refractivity contribution in [2.75, 3.05) is 6.54 Å². The third kappa shape index (κ3) is 5.49. The molecule has 0 aromatic heterocycles. The summed E-state index contributed by atoms with van der Waals surface area (Å²) in [5.74, 6) is -1.80. The molecule has 0 bridgehead atoms. The van der Waals surface area contributed by atoms with Gasteiger partial charge in [-0.25, -0.2) is 9.59 Å². The van der Waals surface area contributed by atoms with E-state index in [9.17, 15) is 14.4 Å². The van der Waals surface area contributed by atoms with Crippen molar-refractivity contribution in [3.05, 3.63) is 41.4 Å². The van der Waals surface area contributed by atoms with Crippen LogP contribution in [0.5, 0.6) is 0 Å². The summed E-state index contributed by atoms with van der Waals surface area (Å²) in [5.41, 5.74) is 8.45. The van der Waals surface area contributed by atoms with Gasteiger partial charge in [0.05, 0.1) is 0 Å². The second kappa shape index (κ2) is 8.60. The quantitative estimate of drug-likeness (QED) is 0.259. The highest BCUT2D eigenvalue weighted by Crippen LogP contribution is 2.22. The molecule has 1 amide bonds. The molecule has 1 fully saturated rings. The van der Waals surface area contributed by atoms with Crippen LogP contribution in [0.2, 0.25) is 0 Å². The van der Waals surface area contributed by atoms with Gasteiger partial charge in [-0.1, -0.05) is 30.3 Å². The number of Topliss-reactive ketones (excluding diaryl/α,β-unsaturated/α-hetero) is 1. The van der Waals surface area contributed by atoms with E-state index in [0.29, 0.717) is 19.4 Å². The second-order valence-electron chi connectivity index (χ2n) is 7.21. The molecule has 144 valence electrons. The van der Waals surface area contributed by atoms with Crippen molar-refractivity contribution >= 4 is 23.6 Å². The van der Waals surface area contributed by atoms with Gasteiger partial charge in [0, 0.05) is 6.54 Å². The molecule has 0 aliphatic carbocycles. The highest BCUT2D eigenvalue weighted by molar-refractivity contribution is 6.63. The van der Waals surface area contributed by atoms with Crippen LogP contribution in [0.1, 0.15) is 39.2 Å². The maximum atomic E-state index is 12.7. The summed E-state index contributed by atoms with van der Waals surface area (Å²) in [6.45, 7) is 5.42. The molecule has 1 unspecified atom stereocenters. The van der Waals surface area contributed by atoms with Gasteiger partial charge < -0.3 is 15.0 Å². The van der Waals surface area contributed by atoms with Crippen LogP contribution < -0.4 is 0 Å². The number of carbonyl (C=O) groups excluding carboxylic acids is 3. The Morgan fingerprint density at radius 2 is 1.89 bits per heavy atom. The number of esters is 1. The lowest BCUT2D eigenvalue weighted by atomic mass is 10.1. The van der Waals surface area contributed by atoms with Crippen molar-refractivity contribution in [1.82, 2.24) is 4.90 Å². The van der Waals surface area contributed by atoms with Gasteiger partial charge in [0.15, 0.2) is 0 Å². The summed E-state index contributed by atoms with van der Waals surface area (Å²) in [6, 6.07) is 7.98. The van der Waals surface area contributed by atoms with Crippen molar-refractivity contribution < 1.29 is 28.6 Å². The molecule has 1 aliphatic heterocycles. The first-order valence-electron chi connectivity index (χ1n) is 8.70. The normalized spacial score (nSPS) is 16.4. The van der Waals surface area contributed by atoms with Crippen molar-refractivity contribution in [1.29, 1.82) is 0 Å². The Kier molecular flexibility index (Phi) is 6.47. The molecule has 1 atom stereocenters. The SMILES string of the molecule is CC(C)(C)OC(=O)N1CCCC1C(=O)C(=[N+]=[N-])C(=O)OCc1ccccc1. The molecule has 0 spiro atoms. The van der Waals surface area contributed by atoms with E-state index in [1.54, 1.807) is 45.0 Å². The molecule has 27 heavy (non-hydrogen) atoms. The van der Waals surface area contributed by atoms with Gasteiger partial charge in [-0.15, -0.1) is 0 Å². The molecule has 1 saturated heterocycles. The number of benzene rings is 1. The minimum absolute atomic E-state index is 0.0631. The third-order valence-corrected chi connectivity index (χ3v) is 3.92. The number of likely N-dealkylation sites (tertiary alicyclic amines) is 1. The summed E-state index contributed by atoms with van der Waals surface area (Å²) >= 11 is 0. The Balaban J connectivity index is 2.05. The van der Waals surface area contributed by atoms with Crippen LogP contribution in [-0.2, 0) is 25.7 Å². The summed E-state index contributed by atoms with van der Waals surface area (Å²) in [5, 5.41) is 0. The molecule has 1 aliphatic rings.